The largest absolute Gasteiger partial charge is 0.260 e. The third-order valence-electron chi connectivity index (χ3n) is 3.20. The molecule has 0 atom stereocenters. The lowest BCUT2D eigenvalue weighted by Crippen LogP contribution is -1.86. The molecule has 3 heteroatoms. The maximum absolute atomic E-state index is 4.20. The summed E-state index contributed by atoms with van der Waals surface area (Å²) in [7, 11) is 0. The summed E-state index contributed by atoms with van der Waals surface area (Å²) in [6.45, 7) is 2.02. The van der Waals surface area contributed by atoms with Crippen LogP contribution in [0.5, 0.6) is 0 Å². The second-order valence-corrected chi connectivity index (χ2v) is 4.66. The predicted octanol–water partition coefficient (Wildman–Crippen LogP) is 5.26. The Hall–Kier alpha value is -2.68. The molecule has 1 N–H and O–H groups in total. The number of hydrogen-bond acceptors (Lipinski definition) is 2. The minimum atomic E-state index is 0.876. The van der Waals surface area contributed by atoms with E-state index < -0.39 is 0 Å². The zero-order valence-corrected chi connectivity index (χ0v) is 11.2. The second-order valence-electron chi connectivity index (χ2n) is 4.66. The van der Waals surface area contributed by atoms with Crippen molar-refractivity contribution in [3.8, 4) is 0 Å². The van der Waals surface area contributed by atoms with Crippen molar-refractivity contribution in [3.63, 3.8) is 0 Å². The Morgan fingerprint density at radius 3 is 2.40 bits per heavy atom. The summed E-state index contributed by atoms with van der Waals surface area (Å²) < 4.78 is 0. The number of fused-ring (bicyclic) bond motifs is 1. The number of nitrogens with zero attached hydrogens (tertiary/aromatic N) is 2. The first-order chi connectivity index (χ1) is 9.83. The van der Waals surface area contributed by atoms with Gasteiger partial charge in [0.25, 0.3) is 0 Å². The molecule has 0 saturated carbocycles. The van der Waals surface area contributed by atoms with Gasteiger partial charge in [-0.1, -0.05) is 53.8 Å². The molecule has 0 fully saturated rings. The molecular weight excluding hydrogens is 246 g/mol. The fraction of sp³-hybridized carbons (Fsp3) is 0.0588. The van der Waals surface area contributed by atoms with Gasteiger partial charge in [-0.25, -0.2) is 0 Å². The number of hydrogen-bond donors (Lipinski definition) is 1. The molecule has 3 aromatic carbocycles. The molecule has 0 aliphatic carbocycles. The van der Waals surface area contributed by atoms with Gasteiger partial charge in [0.05, 0.1) is 11.4 Å². The van der Waals surface area contributed by atoms with Crippen molar-refractivity contribution < 1.29 is 0 Å². The lowest BCUT2D eigenvalue weighted by Gasteiger charge is -2.02. The van der Waals surface area contributed by atoms with Crippen LogP contribution in [-0.4, -0.2) is 0 Å². The van der Waals surface area contributed by atoms with Crippen molar-refractivity contribution in [2.75, 3.05) is 5.43 Å². The maximum Gasteiger partial charge on any atom is 0.0903 e. The van der Waals surface area contributed by atoms with Gasteiger partial charge in [-0.3, -0.25) is 5.43 Å². The van der Waals surface area contributed by atoms with Crippen LogP contribution < -0.4 is 5.43 Å². The molecule has 0 unspecified atom stereocenters. The Labute approximate surface area is 118 Å². The average Bonchev–Trinajstić information content (AvgIpc) is 2.49. The molecule has 0 aromatic heterocycles. The minimum Gasteiger partial charge on any atom is -0.260 e. The van der Waals surface area contributed by atoms with Crippen molar-refractivity contribution in [3.05, 3.63) is 72.3 Å². The standard InChI is InChI=1S/C17H15N3/c1-13-6-2-5-9-17(13)19-20-18-16-11-10-14-7-3-4-8-15(14)12-16/h2-12H,1H3,(H,18,19). The highest BCUT2D eigenvalue weighted by Gasteiger charge is 1.95. The molecule has 0 bridgehead atoms. The fourth-order valence-electron chi connectivity index (χ4n) is 2.07. The Morgan fingerprint density at radius 1 is 0.800 bits per heavy atom. The topological polar surface area (TPSA) is 36.8 Å². The predicted molar refractivity (Wildman–Crippen MR) is 83.3 cm³/mol. The van der Waals surface area contributed by atoms with E-state index >= 15 is 0 Å². The Kier molecular flexibility index (Phi) is 3.42. The third kappa shape index (κ3) is 2.67. The first kappa shape index (κ1) is 12.4. The van der Waals surface area contributed by atoms with Gasteiger partial charge in [-0.05, 0) is 41.5 Å². The average molecular weight is 261 g/mol. The summed E-state index contributed by atoms with van der Waals surface area (Å²) in [5.41, 5.74) is 5.89. The van der Waals surface area contributed by atoms with Crippen LogP contribution in [0.25, 0.3) is 10.8 Å². The summed E-state index contributed by atoms with van der Waals surface area (Å²) in [4.78, 5) is 0. The Bertz CT molecular complexity index is 763. The van der Waals surface area contributed by atoms with Crippen molar-refractivity contribution in [1.82, 2.24) is 0 Å². The van der Waals surface area contributed by atoms with Gasteiger partial charge in [0.2, 0.25) is 0 Å². The third-order valence-corrected chi connectivity index (χ3v) is 3.20. The van der Waals surface area contributed by atoms with Crippen LogP contribution in [0.2, 0.25) is 0 Å². The first-order valence-corrected chi connectivity index (χ1v) is 6.54. The van der Waals surface area contributed by atoms with Crippen molar-refractivity contribution in [1.29, 1.82) is 0 Å². The highest BCUT2D eigenvalue weighted by molar-refractivity contribution is 5.85. The van der Waals surface area contributed by atoms with Crippen LogP contribution >= 0.6 is 0 Å². The smallest absolute Gasteiger partial charge is 0.0903 e. The molecule has 3 rings (SSSR count). The van der Waals surface area contributed by atoms with E-state index in [1.807, 2.05) is 49.4 Å². The van der Waals surface area contributed by atoms with Crippen LogP contribution in [0.3, 0.4) is 0 Å². The van der Waals surface area contributed by atoms with Gasteiger partial charge in [0, 0.05) is 0 Å². The summed E-state index contributed by atoms with van der Waals surface area (Å²) in [5.74, 6) is 0. The van der Waals surface area contributed by atoms with Crippen LogP contribution in [0.15, 0.2) is 77.1 Å². The van der Waals surface area contributed by atoms with E-state index in [-0.39, 0.29) is 0 Å². The quantitative estimate of drug-likeness (QED) is 0.506. The van der Waals surface area contributed by atoms with Crippen molar-refractivity contribution in [2.24, 2.45) is 10.3 Å². The van der Waals surface area contributed by atoms with E-state index in [0.29, 0.717) is 0 Å². The SMILES string of the molecule is Cc1ccccc1N=NNc1ccc2ccccc2c1. The monoisotopic (exact) mass is 261 g/mol. The number of nitrogens with one attached hydrogen (secondary N) is 1. The lowest BCUT2D eigenvalue weighted by atomic mass is 10.1. The zero-order chi connectivity index (χ0) is 13.8. The van der Waals surface area contributed by atoms with E-state index in [9.17, 15) is 0 Å². The molecule has 3 nitrogen and oxygen atoms in total. The van der Waals surface area contributed by atoms with E-state index in [2.05, 4.69) is 40.0 Å². The van der Waals surface area contributed by atoms with Gasteiger partial charge in [0.15, 0.2) is 0 Å². The molecule has 0 spiro atoms. The summed E-state index contributed by atoms with van der Waals surface area (Å²) >= 11 is 0. The van der Waals surface area contributed by atoms with Crippen LogP contribution in [0, 0.1) is 6.92 Å². The Morgan fingerprint density at radius 2 is 1.55 bits per heavy atom. The highest BCUT2D eigenvalue weighted by atomic mass is 15.4. The Balaban J connectivity index is 1.78. The maximum atomic E-state index is 4.20. The molecule has 20 heavy (non-hydrogen) atoms. The van der Waals surface area contributed by atoms with E-state index in [4.69, 9.17) is 0 Å². The molecule has 98 valence electrons. The van der Waals surface area contributed by atoms with Crippen LogP contribution in [0.4, 0.5) is 11.4 Å². The number of anilines is 1. The van der Waals surface area contributed by atoms with Gasteiger partial charge < -0.3 is 0 Å². The highest BCUT2D eigenvalue weighted by Crippen LogP contribution is 2.20. The lowest BCUT2D eigenvalue weighted by molar-refractivity contribution is 1.12. The summed E-state index contributed by atoms with van der Waals surface area (Å²) in [6, 6.07) is 22.3. The summed E-state index contributed by atoms with van der Waals surface area (Å²) in [6.07, 6.45) is 0. The first-order valence-electron chi connectivity index (χ1n) is 6.54. The van der Waals surface area contributed by atoms with Crippen molar-refractivity contribution in [2.45, 2.75) is 6.92 Å². The molecule has 0 aliphatic heterocycles. The molecule has 0 radical (unpaired) electrons. The van der Waals surface area contributed by atoms with E-state index in [0.717, 1.165) is 16.9 Å². The number of benzene rings is 3. The fourth-order valence-corrected chi connectivity index (χ4v) is 2.07. The van der Waals surface area contributed by atoms with E-state index in [1.54, 1.807) is 0 Å². The van der Waals surface area contributed by atoms with Crippen molar-refractivity contribution >= 4 is 22.1 Å². The molecular formula is C17H15N3. The molecule has 0 amide bonds. The number of rotatable bonds is 3. The minimum absolute atomic E-state index is 0.876. The molecule has 3 aromatic rings. The van der Waals surface area contributed by atoms with E-state index in [1.165, 1.54) is 10.8 Å². The van der Waals surface area contributed by atoms with Crippen LogP contribution in [0.1, 0.15) is 5.56 Å². The van der Waals surface area contributed by atoms with Gasteiger partial charge >= 0.3 is 0 Å². The van der Waals surface area contributed by atoms with Gasteiger partial charge in [-0.15, -0.1) is 5.11 Å². The number of aryl methyl sites for hydroxylation is 1. The molecule has 0 heterocycles. The van der Waals surface area contributed by atoms with Gasteiger partial charge in [-0.2, -0.15) is 0 Å². The van der Waals surface area contributed by atoms with Crippen LogP contribution in [-0.2, 0) is 0 Å². The summed E-state index contributed by atoms with van der Waals surface area (Å²) in [5, 5.41) is 10.6. The second kappa shape index (κ2) is 5.53. The normalized spacial score (nSPS) is 11.1. The molecule has 0 aliphatic rings. The van der Waals surface area contributed by atoms with Gasteiger partial charge in [0.1, 0.15) is 0 Å². The molecule has 0 saturated heterocycles. The zero-order valence-electron chi connectivity index (χ0n) is 11.2.